The highest BCUT2D eigenvalue weighted by Crippen LogP contribution is 2.32. The second kappa shape index (κ2) is 5.70. The van der Waals surface area contributed by atoms with Gasteiger partial charge in [-0.15, -0.1) is 0 Å². The van der Waals surface area contributed by atoms with Gasteiger partial charge in [0.2, 0.25) is 0 Å². The normalized spacial score (nSPS) is 21.4. The summed E-state index contributed by atoms with van der Waals surface area (Å²) in [7, 11) is -3.73. The van der Waals surface area contributed by atoms with E-state index in [0.717, 1.165) is 6.42 Å². The lowest BCUT2D eigenvalue weighted by molar-refractivity contribution is -0.00529. The Hall–Kier alpha value is -0.920. The average molecular weight is 377 g/mol. The number of carboxylic acids is 1. The lowest BCUT2D eigenvalue weighted by Gasteiger charge is -2.19. The molecule has 0 amide bonds. The van der Waals surface area contributed by atoms with Crippen LogP contribution in [0.25, 0.3) is 0 Å². The van der Waals surface area contributed by atoms with Crippen LogP contribution in [0.1, 0.15) is 37.0 Å². The second-order valence-corrected chi connectivity index (χ2v) is 8.68. The van der Waals surface area contributed by atoms with Crippen molar-refractivity contribution in [2.45, 2.75) is 43.3 Å². The molecule has 1 aliphatic rings. The molecule has 1 aliphatic heterocycles. The number of carboxylic acid groups (broad SMARTS) is 1. The van der Waals surface area contributed by atoms with Crippen molar-refractivity contribution in [3.63, 3.8) is 0 Å². The topological polar surface area (TPSA) is 80.7 Å². The van der Waals surface area contributed by atoms with E-state index in [1.54, 1.807) is 0 Å². The monoisotopic (exact) mass is 376 g/mol. The summed E-state index contributed by atoms with van der Waals surface area (Å²) in [6, 6.07) is 4.13. The van der Waals surface area contributed by atoms with Crippen LogP contribution in [0, 0.1) is 0 Å². The van der Waals surface area contributed by atoms with E-state index in [9.17, 15) is 13.2 Å². The number of hydrogen-bond acceptors (Lipinski definition) is 4. The third kappa shape index (κ3) is 3.84. The van der Waals surface area contributed by atoms with Gasteiger partial charge in [0.15, 0.2) is 9.84 Å². The molecule has 1 fully saturated rings. The van der Waals surface area contributed by atoms with Gasteiger partial charge >= 0.3 is 5.97 Å². The minimum Gasteiger partial charge on any atom is -0.478 e. The molecule has 21 heavy (non-hydrogen) atoms. The smallest absolute Gasteiger partial charge is 0.337 e. The minimum absolute atomic E-state index is 0.169. The Labute approximate surface area is 132 Å². The zero-order chi connectivity index (χ0) is 15.8. The van der Waals surface area contributed by atoms with E-state index in [1.807, 2.05) is 13.8 Å². The Kier molecular flexibility index (Phi) is 4.46. The van der Waals surface area contributed by atoms with Crippen LogP contribution >= 0.6 is 15.9 Å². The van der Waals surface area contributed by atoms with Gasteiger partial charge in [-0.3, -0.25) is 0 Å². The first-order valence-electron chi connectivity index (χ1n) is 6.54. The highest BCUT2D eigenvalue weighted by Gasteiger charge is 2.35. The molecule has 2 rings (SSSR count). The first kappa shape index (κ1) is 16.5. The van der Waals surface area contributed by atoms with Crippen LogP contribution in [0.3, 0.4) is 0 Å². The van der Waals surface area contributed by atoms with Crippen molar-refractivity contribution in [3.05, 3.63) is 28.2 Å². The number of aromatic carboxylic acids is 1. The van der Waals surface area contributed by atoms with Crippen LogP contribution < -0.4 is 0 Å². The number of ether oxygens (including phenoxy) is 1. The number of rotatable bonds is 4. The van der Waals surface area contributed by atoms with Crippen molar-refractivity contribution in [1.29, 1.82) is 0 Å². The Balaban J connectivity index is 2.32. The molecule has 0 aromatic heterocycles. The molecule has 1 aromatic carbocycles. The van der Waals surface area contributed by atoms with Gasteiger partial charge in [-0.05, 0) is 44.9 Å². The van der Waals surface area contributed by atoms with Crippen molar-refractivity contribution >= 4 is 31.7 Å². The number of sulfone groups is 1. The quantitative estimate of drug-likeness (QED) is 0.873. The van der Waals surface area contributed by atoms with Crippen molar-refractivity contribution < 1.29 is 23.1 Å². The minimum atomic E-state index is -3.73. The van der Waals surface area contributed by atoms with Gasteiger partial charge in [-0.1, -0.05) is 15.9 Å². The van der Waals surface area contributed by atoms with E-state index >= 15 is 0 Å². The first-order valence-corrected chi connectivity index (χ1v) is 8.99. The molecule has 1 unspecified atom stereocenters. The van der Waals surface area contributed by atoms with Crippen molar-refractivity contribution in [1.82, 2.24) is 0 Å². The SMILES string of the molecule is CC1(C)CCC(CS(=O)(=O)c2cc(Br)ccc2C(=O)O)O1. The van der Waals surface area contributed by atoms with Crippen LogP contribution in [0.2, 0.25) is 0 Å². The fraction of sp³-hybridized carbons (Fsp3) is 0.500. The average Bonchev–Trinajstić information content (AvgIpc) is 2.67. The third-order valence-electron chi connectivity index (χ3n) is 3.47. The van der Waals surface area contributed by atoms with Crippen LogP contribution in [0.4, 0.5) is 0 Å². The van der Waals surface area contributed by atoms with Crippen LogP contribution in [0.15, 0.2) is 27.6 Å². The third-order valence-corrected chi connectivity index (χ3v) is 5.78. The fourth-order valence-electron chi connectivity index (χ4n) is 2.46. The number of hydrogen-bond donors (Lipinski definition) is 1. The molecular formula is C14H17BrO5S. The molecule has 0 bridgehead atoms. The summed E-state index contributed by atoms with van der Waals surface area (Å²) in [6.07, 6.45) is 1.05. The predicted octanol–water partition coefficient (Wildman–Crippen LogP) is 2.88. The van der Waals surface area contributed by atoms with Gasteiger partial charge in [0.05, 0.1) is 27.9 Å². The molecule has 5 nitrogen and oxygen atoms in total. The highest BCUT2D eigenvalue weighted by atomic mass is 79.9. The molecule has 0 spiro atoms. The summed E-state index contributed by atoms with van der Waals surface area (Å²) >= 11 is 3.18. The molecule has 0 aliphatic carbocycles. The van der Waals surface area contributed by atoms with Gasteiger partial charge in [0.25, 0.3) is 0 Å². The molecule has 0 saturated carbocycles. The van der Waals surface area contributed by atoms with Gasteiger partial charge in [-0.2, -0.15) is 0 Å². The zero-order valence-corrected chi connectivity index (χ0v) is 14.2. The summed E-state index contributed by atoms with van der Waals surface area (Å²) in [6.45, 7) is 3.84. The summed E-state index contributed by atoms with van der Waals surface area (Å²) in [5.41, 5.74) is -0.539. The van der Waals surface area contributed by atoms with E-state index in [2.05, 4.69) is 15.9 Å². The standard InChI is InChI=1S/C14H17BrO5S/c1-14(2)6-5-10(20-14)8-21(18,19)12-7-9(15)3-4-11(12)13(16)17/h3-4,7,10H,5-6,8H2,1-2H3,(H,16,17). The fourth-order valence-corrected chi connectivity index (χ4v) is 4.67. The first-order chi connectivity index (χ1) is 9.61. The number of halogens is 1. The molecule has 1 saturated heterocycles. The number of carbonyl (C=O) groups is 1. The van der Waals surface area contributed by atoms with Crippen LogP contribution in [-0.4, -0.2) is 37.0 Å². The Morgan fingerprint density at radius 3 is 2.67 bits per heavy atom. The van der Waals surface area contributed by atoms with E-state index < -0.39 is 21.9 Å². The maximum atomic E-state index is 12.5. The zero-order valence-electron chi connectivity index (χ0n) is 11.8. The van der Waals surface area contributed by atoms with Crippen molar-refractivity contribution in [2.24, 2.45) is 0 Å². The van der Waals surface area contributed by atoms with Crippen LogP contribution in [-0.2, 0) is 14.6 Å². The maximum absolute atomic E-state index is 12.5. The summed E-state index contributed by atoms with van der Waals surface area (Å²) < 4.78 is 31.3. The largest absolute Gasteiger partial charge is 0.478 e. The molecule has 1 heterocycles. The lowest BCUT2D eigenvalue weighted by atomic mass is 10.1. The van der Waals surface area contributed by atoms with Crippen molar-refractivity contribution in [2.75, 3.05) is 5.75 Å². The number of benzene rings is 1. The summed E-state index contributed by atoms with van der Waals surface area (Å²) in [4.78, 5) is 11.0. The molecule has 1 N–H and O–H groups in total. The van der Waals surface area contributed by atoms with Crippen molar-refractivity contribution in [3.8, 4) is 0 Å². The molecule has 116 valence electrons. The molecule has 1 atom stereocenters. The summed E-state index contributed by atoms with van der Waals surface area (Å²) in [5, 5.41) is 9.15. The second-order valence-electron chi connectivity index (χ2n) is 5.77. The maximum Gasteiger partial charge on any atom is 0.337 e. The highest BCUT2D eigenvalue weighted by molar-refractivity contribution is 9.10. The molecule has 1 aromatic rings. The van der Waals surface area contributed by atoms with E-state index in [0.29, 0.717) is 10.9 Å². The van der Waals surface area contributed by atoms with Gasteiger partial charge in [0, 0.05) is 4.47 Å². The molecule has 0 radical (unpaired) electrons. The van der Waals surface area contributed by atoms with E-state index in [-0.39, 0.29) is 21.8 Å². The Bertz CT molecular complexity index is 666. The lowest BCUT2D eigenvalue weighted by Crippen LogP contribution is -2.26. The predicted molar refractivity (Wildman–Crippen MR) is 81.3 cm³/mol. The Morgan fingerprint density at radius 2 is 2.14 bits per heavy atom. The van der Waals surface area contributed by atoms with Gasteiger partial charge < -0.3 is 9.84 Å². The van der Waals surface area contributed by atoms with Gasteiger partial charge in [-0.25, -0.2) is 13.2 Å². The Morgan fingerprint density at radius 1 is 1.48 bits per heavy atom. The van der Waals surface area contributed by atoms with E-state index in [1.165, 1.54) is 18.2 Å². The van der Waals surface area contributed by atoms with Crippen LogP contribution in [0.5, 0.6) is 0 Å². The summed E-state index contributed by atoms with van der Waals surface area (Å²) in [5.74, 6) is -1.46. The van der Waals surface area contributed by atoms with Gasteiger partial charge in [0.1, 0.15) is 0 Å². The molecule has 7 heteroatoms. The molecular weight excluding hydrogens is 360 g/mol. The van der Waals surface area contributed by atoms with E-state index in [4.69, 9.17) is 9.84 Å².